The van der Waals surface area contributed by atoms with Gasteiger partial charge in [-0.2, -0.15) is 0 Å². The molecule has 0 saturated carbocycles. The molecule has 0 fully saturated rings. The number of thiocarbonyl (C=S) groups is 1. The summed E-state index contributed by atoms with van der Waals surface area (Å²) in [7, 11) is 0. The summed E-state index contributed by atoms with van der Waals surface area (Å²) in [5.41, 5.74) is 3.07. The molecular formula is C16H12Cl2N2S. The molecule has 21 heavy (non-hydrogen) atoms. The fourth-order valence-corrected chi connectivity index (χ4v) is 3.03. The summed E-state index contributed by atoms with van der Waals surface area (Å²) in [5, 5.41) is 5.58. The fourth-order valence-electron chi connectivity index (χ4n) is 2.22. The zero-order valence-electron chi connectivity index (χ0n) is 11.0. The van der Waals surface area contributed by atoms with Gasteiger partial charge in [-0.3, -0.25) is 0 Å². The summed E-state index contributed by atoms with van der Waals surface area (Å²) >= 11 is 17.5. The summed E-state index contributed by atoms with van der Waals surface area (Å²) in [4.78, 5) is 3.86. The van der Waals surface area contributed by atoms with Gasteiger partial charge >= 0.3 is 0 Å². The van der Waals surface area contributed by atoms with Gasteiger partial charge < -0.3 is 10.3 Å². The van der Waals surface area contributed by atoms with Crippen molar-refractivity contribution < 1.29 is 0 Å². The van der Waals surface area contributed by atoms with E-state index in [0.29, 0.717) is 21.6 Å². The summed E-state index contributed by atoms with van der Waals surface area (Å²) in [6.45, 7) is 0.641. The molecule has 5 heteroatoms. The van der Waals surface area contributed by atoms with Gasteiger partial charge in [-0.05, 0) is 29.8 Å². The van der Waals surface area contributed by atoms with Gasteiger partial charge in [0.2, 0.25) is 0 Å². The lowest BCUT2D eigenvalue weighted by Gasteiger charge is -2.09. The Hall–Kier alpha value is -1.55. The SMILES string of the molecule is S=C(NCc1c[nH]c2ccccc12)c1ccc(Cl)cc1Cl. The molecular weight excluding hydrogens is 323 g/mol. The largest absolute Gasteiger partial charge is 0.372 e. The van der Waals surface area contributed by atoms with Gasteiger partial charge in [-0.15, -0.1) is 0 Å². The highest BCUT2D eigenvalue weighted by molar-refractivity contribution is 7.80. The Balaban J connectivity index is 1.77. The van der Waals surface area contributed by atoms with Crippen molar-refractivity contribution in [2.24, 2.45) is 0 Å². The van der Waals surface area contributed by atoms with E-state index in [4.69, 9.17) is 35.4 Å². The molecule has 1 heterocycles. The molecule has 0 radical (unpaired) electrons. The van der Waals surface area contributed by atoms with Crippen molar-refractivity contribution in [1.82, 2.24) is 10.3 Å². The van der Waals surface area contributed by atoms with Crippen LogP contribution in [-0.2, 0) is 6.54 Å². The molecule has 1 aromatic heterocycles. The molecule has 0 saturated heterocycles. The first-order valence-electron chi connectivity index (χ1n) is 6.43. The van der Waals surface area contributed by atoms with Crippen molar-refractivity contribution in [2.45, 2.75) is 6.54 Å². The first kappa shape index (κ1) is 14.4. The molecule has 0 aliphatic heterocycles. The second kappa shape index (κ2) is 6.06. The molecule has 0 amide bonds. The Morgan fingerprint density at radius 2 is 1.95 bits per heavy atom. The van der Waals surface area contributed by atoms with Gasteiger partial charge in [0.25, 0.3) is 0 Å². The van der Waals surface area contributed by atoms with E-state index in [2.05, 4.69) is 16.4 Å². The molecule has 2 aromatic carbocycles. The Kier molecular flexibility index (Phi) is 4.15. The van der Waals surface area contributed by atoms with Crippen molar-refractivity contribution in [3.05, 3.63) is 69.8 Å². The molecule has 0 atom stereocenters. The molecule has 0 bridgehead atoms. The lowest BCUT2D eigenvalue weighted by molar-refractivity contribution is 0.937. The van der Waals surface area contributed by atoms with Crippen LogP contribution < -0.4 is 5.32 Å². The molecule has 0 aliphatic rings. The van der Waals surface area contributed by atoms with Gasteiger partial charge in [0, 0.05) is 34.2 Å². The third-order valence-corrected chi connectivity index (χ3v) is 4.20. The number of H-pyrrole nitrogens is 1. The molecule has 2 nitrogen and oxygen atoms in total. The summed E-state index contributed by atoms with van der Waals surface area (Å²) in [5.74, 6) is 0. The van der Waals surface area contributed by atoms with E-state index in [9.17, 15) is 0 Å². The zero-order valence-corrected chi connectivity index (χ0v) is 13.3. The normalized spacial score (nSPS) is 10.8. The van der Waals surface area contributed by atoms with Gasteiger partial charge in [0.15, 0.2) is 0 Å². The van der Waals surface area contributed by atoms with Gasteiger partial charge in [-0.1, -0.05) is 53.6 Å². The molecule has 106 valence electrons. The van der Waals surface area contributed by atoms with Gasteiger partial charge in [0.05, 0.1) is 5.02 Å². The number of rotatable bonds is 3. The van der Waals surface area contributed by atoms with E-state index in [1.807, 2.05) is 30.5 Å². The van der Waals surface area contributed by atoms with Crippen LogP contribution in [0.3, 0.4) is 0 Å². The number of benzene rings is 2. The van der Waals surface area contributed by atoms with Crippen molar-refractivity contribution in [1.29, 1.82) is 0 Å². The van der Waals surface area contributed by atoms with Gasteiger partial charge in [0.1, 0.15) is 4.99 Å². The maximum atomic E-state index is 6.16. The molecule has 2 N–H and O–H groups in total. The lowest BCUT2D eigenvalue weighted by Crippen LogP contribution is -2.21. The summed E-state index contributed by atoms with van der Waals surface area (Å²) < 4.78 is 0. The van der Waals surface area contributed by atoms with E-state index in [0.717, 1.165) is 16.6 Å². The second-order valence-electron chi connectivity index (χ2n) is 4.67. The third kappa shape index (κ3) is 3.05. The number of hydrogen-bond donors (Lipinski definition) is 2. The predicted molar refractivity (Wildman–Crippen MR) is 93.3 cm³/mol. The first-order chi connectivity index (χ1) is 10.1. The number of halogens is 2. The Labute approximate surface area is 138 Å². The van der Waals surface area contributed by atoms with Crippen molar-refractivity contribution in [2.75, 3.05) is 0 Å². The summed E-state index contributed by atoms with van der Waals surface area (Å²) in [6.07, 6.45) is 1.99. The molecule has 3 aromatic rings. The quantitative estimate of drug-likeness (QED) is 0.664. The molecule has 0 aliphatic carbocycles. The van der Waals surface area contributed by atoms with Crippen LogP contribution >= 0.6 is 35.4 Å². The van der Waals surface area contributed by atoms with Crippen LogP contribution in [0.15, 0.2) is 48.7 Å². The van der Waals surface area contributed by atoms with E-state index < -0.39 is 0 Å². The van der Waals surface area contributed by atoms with Crippen molar-refractivity contribution >= 4 is 51.3 Å². The minimum atomic E-state index is 0.555. The molecule has 3 rings (SSSR count). The number of para-hydroxylation sites is 1. The Bertz CT molecular complexity index is 811. The maximum absolute atomic E-state index is 6.16. The third-order valence-electron chi connectivity index (χ3n) is 3.29. The Morgan fingerprint density at radius 3 is 2.76 bits per heavy atom. The molecule has 0 spiro atoms. The van der Waals surface area contributed by atoms with Crippen LogP contribution in [0.5, 0.6) is 0 Å². The molecule has 0 unspecified atom stereocenters. The van der Waals surface area contributed by atoms with Crippen molar-refractivity contribution in [3.63, 3.8) is 0 Å². The predicted octanol–water partition coefficient (Wildman–Crippen LogP) is 4.94. The average molecular weight is 335 g/mol. The van der Waals surface area contributed by atoms with Gasteiger partial charge in [-0.25, -0.2) is 0 Å². The zero-order chi connectivity index (χ0) is 14.8. The minimum Gasteiger partial charge on any atom is -0.372 e. The van der Waals surface area contributed by atoms with Crippen molar-refractivity contribution in [3.8, 4) is 0 Å². The second-order valence-corrected chi connectivity index (χ2v) is 5.92. The number of fused-ring (bicyclic) bond motifs is 1. The van der Waals surface area contributed by atoms with Crippen LogP contribution in [0, 0.1) is 0 Å². The van der Waals surface area contributed by atoms with E-state index >= 15 is 0 Å². The first-order valence-corrected chi connectivity index (χ1v) is 7.60. The van der Waals surface area contributed by atoms with E-state index in [-0.39, 0.29) is 0 Å². The summed E-state index contributed by atoms with van der Waals surface area (Å²) in [6, 6.07) is 13.5. The van der Waals surface area contributed by atoms with Crippen LogP contribution in [0.1, 0.15) is 11.1 Å². The fraction of sp³-hybridized carbons (Fsp3) is 0.0625. The minimum absolute atomic E-state index is 0.555. The highest BCUT2D eigenvalue weighted by Crippen LogP contribution is 2.22. The van der Waals surface area contributed by atoms with Crippen LogP contribution in [0.25, 0.3) is 10.9 Å². The maximum Gasteiger partial charge on any atom is 0.108 e. The monoisotopic (exact) mass is 334 g/mol. The highest BCUT2D eigenvalue weighted by atomic mass is 35.5. The van der Waals surface area contributed by atoms with Crippen LogP contribution in [-0.4, -0.2) is 9.97 Å². The smallest absolute Gasteiger partial charge is 0.108 e. The topological polar surface area (TPSA) is 27.8 Å². The number of aromatic nitrogens is 1. The number of aromatic amines is 1. The number of nitrogens with one attached hydrogen (secondary N) is 2. The standard InChI is InChI=1S/C16H12Cl2N2S/c17-11-5-6-13(14(18)7-11)16(21)20-9-10-8-19-15-4-2-1-3-12(10)15/h1-8,19H,9H2,(H,20,21). The van der Waals surface area contributed by atoms with E-state index in [1.165, 1.54) is 5.39 Å². The lowest BCUT2D eigenvalue weighted by atomic mass is 10.1. The van der Waals surface area contributed by atoms with Crippen LogP contribution in [0.2, 0.25) is 10.0 Å². The van der Waals surface area contributed by atoms with E-state index in [1.54, 1.807) is 12.1 Å². The average Bonchev–Trinajstić information content (AvgIpc) is 2.88. The number of hydrogen-bond acceptors (Lipinski definition) is 1. The van der Waals surface area contributed by atoms with Crippen LogP contribution in [0.4, 0.5) is 0 Å². The highest BCUT2D eigenvalue weighted by Gasteiger charge is 2.08. The Morgan fingerprint density at radius 1 is 1.14 bits per heavy atom.